The molecule has 0 aromatic heterocycles. The van der Waals surface area contributed by atoms with Crippen LogP contribution in [-0.2, 0) is 9.47 Å². The van der Waals surface area contributed by atoms with Crippen molar-refractivity contribution in [3.05, 3.63) is 29.1 Å². The van der Waals surface area contributed by atoms with Crippen molar-refractivity contribution < 1.29 is 9.47 Å². The Hall–Kier alpha value is -0.960. The first kappa shape index (κ1) is 17.4. The fraction of sp³-hybridized carbons (Fsp3) is 0.667. The largest absolute Gasteiger partial charge is 0.463 e. The Labute approximate surface area is 138 Å². The van der Waals surface area contributed by atoms with Gasteiger partial charge in [0.15, 0.2) is 12.0 Å². The molecule has 1 spiro atoms. The van der Waals surface area contributed by atoms with Crippen LogP contribution in [0.5, 0.6) is 0 Å². The van der Waals surface area contributed by atoms with Gasteiger partial charge in [0, 0.05) is 6.61 Å². The number of allylic oxidation sites excluding steroid dienone is 1. The fourth-order valence-corrected chi connectivity index (χ4v) is 4.30. The first-order valence-electron chi connectivity index (χ1n) is 8.28. The van der Waals surface area contributed by atoms with Crippen LogP contribution in [0.1, 0.15) is 59.3 Å². The summed E-state index contributed by atoms with van der Waals surface area (Å²) in [5, 5.41) is 0.946. The minimum absolute atomic E-state index is 0.106. The van der Waals surface area contributed by atoms with E-state index in [9.17, 15) is 0 Å². The number of rotatable bonds is 5. The molecule has 0 saturated heterocycles. The summed E-state index contributed by atoms with van der Waals surface area (Å²) in [4.78, 5) is 6.23. The zero-order valence-corrected chi connectivity index (χ0v) is 14.8. The van der Waals surface area contributed by atoms with Crippen LogP contribution < -0.4 is 0 Å². The van der Waals surface area contributed by atoms with E-state index in [4.69, 9.17) is 14.5 Å². The number of hydrogen-bond acceptors (Lipinski definition) is 4. The molecule has 2 aliphatic rings. The summed E-state index contributed by atoms with van der Waals surface area (Å²) in [6, 6.07) is 0. The van der Waals surface area contributed by atoms with Gasteiger partial charge in [-0.25, -0.2) is 0 Å². The van der Waals surface area contributed by atoms with Crippen LogP contribution in [0.2, 0.25) is 0 Å². The van der Waals surface area contributed by atoms with E-state index in [2.05, 4.69) is 12.3 Å². The van der Waals surface area contributed by atoms with Crippen molar-refractivity contribution >= 4 is 16.8 Å². The van der Waals surface area contributed by atoms with Crippen LogP contribution >= 0.6 is 11.8 Å². The molecule has 22 heavy (non-hydrogen) atoms. The number of aliphatic imine (C=N–C) groups is 1. The van der Waals surface area contributed by atoms with E-state index in [1.54, 1.807) is 11.8 Å². The Morgan fingerprint density at radius 3 is 2.64 bits per heavy atom. The van der Waals surface area contributed by atoms with Gasteiger partial charge in [-0.15, -0.1) is 5.73 Å². The summed E-state index contributed by atoms with van der Waals surface area (Å²) in [6.07, 6.45) is 8.96. The quantitative estimate of drug-likeness (QED) is 0.396. The predicted molar refractivity (Wildman–Crippen MR) is 94.0 cm³/mol. The van der Waals surface area contributed by atoms with Crippen LogP contribution in [0.25, 0.3) is 0 Å². The molecule has 1 aliphatic carbocycles. The van der Waals surface area contributed by atoms with Gasteiger partial charge in [-0.2, -0.15) is 0 Å². The summed E-state index contributed by atoms with van der Waals surface area (Å²) in [5.74, 6) is 0.805. The van der Waals surface area contributed by atoms with Crippen molar-refractivity contribution in [2.75, 3.05) is 6.61 Å². The maximum Gasteiger partial charge on any atom is 0.197 e. The Bertz CT molecular complexity index is 495. The van der Waals surface area contributed by atoms with Crippen LogP contribution in [0.15, 0.2) is 34.0 Å². The molecule has 1 heterocycles. The van der Waals surface area contributed by atoms with Gasteiger partial charge in [-0.1, -0.05) is 44.0 Å². The van der Waals surface area contributed by atoms with Crippen molar-refractivity contribution in [1.82, 2.24) is 0 Å². The Balaban J connectivity index is 2.21. The fourth-order valence-electron chi connectivity index (χ4n) is 3.11. The predicted octanol–water partition coefficient (Wildman–Crippen LogP) is 5.20. The third-order valence-corrected chi connectivity index (χ3v) is 5.41. The van der Waals surface area contributed by atoms with E-state index in [0.717, 1.165) is 28.5 Å². The third-order valence-electron chi connectivity index (χ3n) is 4.20. The molecule has 122 valence electrons. The summed E-state index contributed by atoms with van der Waals surface area (Å²) >= 11 is 1.66. The summed E-state index contributed by atoms with van der Waals surface area (Å²) in [7, 11) is 0. The third kappa shape index (κ3) is 3.87. The molecule has 1 aliphatic heterocycles. The normalized spacial score (nSPS) is 23.0. The highest BCUT2D eigenvalue weighted by Crippen LogP contribution is 2.48. The molecule has 3 nitrogen and oxygen atoms in total. The standard InChI is InChI=1S/C18H27NO2S/c1-5-15(21-14(4)20-7-3)17-19-18(16(6-2)22-17)12-10-8-9-11-13-18/h5,14H,2,7-13H2,1,3-4H3/b15-5-. The molecule has 0 amide bonds. The van der Waals surface area contributed by atoms with E-state index in [0.29, 0.717) is 6.61 Å². The number of ether oxygens (including phenoxy) is 2. The second kappa shape index (κ2) is 8.05. The average Bonchev–Trinajstić information content (AvgIpc) is 2.69. The molecule has 4 heteroatoms. The maximum absolute atomic E-state index is 5.91. The van der Waals surface area contributed by atoms with Gasteiger partial charge < -0.3 is 9.47 Å². The van der Waals surface area contributed by atoms with Crippen LogP contribution in [0, 0.1) is 0 Å². The minimum atomic E-state index is -0.263. The lowest BCUT2D eigenvalue weighted by Crippen LogP contribution is -2.24. The molecule has 1 saturated carbocycles. The second-order valence-electron chi connectivity index (χ2n) is 5.76. The van der Waals surface area contributed by atoms with Gasteiger partial charge >= 0.3 is 0 Å². The molecule has 0 aromatic carbocycles. The Morgan fingerprint density at radius 2 is 2.09 bits per heavy atom. The molecule has 0 N–H and O–H groups in total. The maximum atomic E-state index is 5.91. The zero-order valence-electron chi connectivity index (χ0n) is 14.0. The van der Waals surface area contributed by atoms with Crippen LogP contribution in [-0.4, -0.2) is 23.5 Å². The van der Waals surface area contributed by atoms with Gasteiger partial charge in [-0.3, -0.25) is 4.99 Å². The van der Waals surface area contributed by atoms with Crippen molar-refractivity contribution in [3.63, 3.8) is 0 Å². The topological polar surface area (TPSA) is 30.8 Å². The Morgan fingerprint density at radius 1 is 1.41 bits per heavy atom. The monoisotopic (exact) mass is 321 g/mol. The molecule has 1 unspecified atom stereocenters. The van der Waals surface area contributed by atoms with E-state index in [1.807, 2.05) is 26.8 Å². The van der Waals surface area contributed by atoms with Gasteiger partial charge in [-0.05, 0) is 39.7 Å². The second-order valence-corrected chi connectivity index (χ2v) is 6.76. The summed E-state index contributed by atoms with van der Waals surface area (Å²) < 4.78 is 11.4. The SMILES string of the molecule is C=C=C1SC(/C(=C/C)OC(C)OCC)=NC12CCCCCC2. The lowest BCUT2D eigenvalue weighted by atomic mass is 9.90. The molecule has 0 radical (unpaired) electrons. The van der Waals surface area contributed by atoms with Crippen molar-refractivity contribution in [3.8, 4) is 0 Å². The lowest BCUT2D eigenvalue weighted by Gasteiger charge is -2.24. The van der Waals surface area contributed by atoms with Crippen LogP contribution in [0.3, 0.4) is 0 Å². The number of hydrogen-bond donors (Lipinski definition) is 0. The van der Waals surface area contributed by atoms with Gasteiger partial charge in [0.2, 0.25) is 0 Å². The average molecular weight is 321 g/mol. The van der Waals surface area contributed by atoms with E-state index >= 15 is 0 Å². The lowest BCUT2D eigenvalue weighted by molar-refractivity contribution is -0.0935. The first-order chi connectivity index (χ1) is 10.6. The molecule has 1 fully saturated rings. The van der Waals surface area contributed by atoms with Crippen LogP contribution in [0.4, 0.5) is 0 Å². The van der Waals surface area contributed by atoms with Crippen molar-refractivity contribution in [2.24, 2.45) is 4.99 Å². The van der Waals surface area contributed by atoms with Gasteiger partial charge in [0.25, 0.3) is 0 Å². The zero-order chi connectivity index (χ0) is 16.0. The minimum Gasteiger partial charge on any atom is -0.463 e. The highest BCUT2D eigenvalue weighted by Gasteiger charge is 2.41. The summed E-state index contributed by atoms with van der Waals surface area (Å²) in [6.45, 7) is 10.4. The van der Waals surface area contributed by atoms with Gasteiger partial charge in [0.1, 0.15) is 10.6 Å². The molecule has 0 aromatic rings. The number of thioether (sulfide) groups is 1. The van der Waals surface area contributed by atoms with Crippen molar-refractivity contribution in [2.45, 2.75) is 71.1 Å². The number of nitrogens with zero attached hydrogens (tertiary/aromatic N) is 1. The van der Waals surface area contributed by atoms with Gasteiger partial charge in [0.05, 0.1) is 4.91 Å². The summed E-state index contributed by atoms with van der Waals surface area (Å²) in [5.41, 5.74) is 3.03. The molecular weight excluding hydrogens is 294 g/mol. The smallest absolute Gasteiger partial charge is 0.197 e. The van der Waals surface area contributed by atoms with Crippen molar-refractivity contribution in [1.29, 1.82) is 0 Å². The first-order valence-corrected chi connectivity index (χ1v) is 9.10. The van der Waals surface area contributed by atoms with E-state index < -0.39 is 0 Å². The molecular formula is C18H27NO2S. The highest BCUT2D eigenvalue weighted by molar-refractivity contribution is 8.18. The molecule has 1 atom stereocenters. The molecule has 2 rings (SSSR count). The van der Waals surface area contributed by atoms with E-state index in [-0.39, 0.29) is 11.8 Å². The van der Waals surface area contributed by atoms with E-state index in [1.165, 1.54) is 25.7 Å². The Kier molecular flexibility index (Phi) is 6.37. The highest BCUT2D eigenvalue weighted by atomic mass is 32.2. The molecule has 0 bridgehead atoms.